The van der Waals surface area contributed by atoms with Crippen molar-refractivity contribution in [2.24, 2.45) is 0 Å². The summed E-state index contributed by atoms with van der Waals surface area (Å²) in [5.74, 6) is -0.229. The van der Waals surface area contributed by atoms with Gasteiger partial charge in [0.1, 0.15) is 5.82 Å². The van der Waals surface area contributed by atoms with Gasteiger partial charge in [-0.15, -0.1) is 0 Å². The molecule has 1 unspecified atom stereocenters. The van der Waals surface area contributed by atoms with Gasteiger partial charge < -0.3 is 0 Å². The van der Waals surface area contributed by atoms with Gasteiger partial charge in [0.15, 0.2) is 0 Å². The molecule has 2 rings (SSSR count). The van der Waals surface area contributed by atoms with Crippen LogP contribution in [0.1, 0.15) is 23.6 Å². The molecular formula is C17H17FN2. The van der Waals surface area contributed by atoms with E-state index in [-0.39, 0.29) is 11.9 Å². The van der Waals surface area contributed by atoms with E-state index in [9.17, 15) is 4.39 Å². The van der Waals surface area contributed by atoms with Crippen LogP contribution in [0.15, 0.2) is 54.6 Å². The summed E-state index contributed by atoms with van der Waals surface area (Å²) in [7, 11) is 1.96. The molecule has 0 fully saturated rings. The first-order valence-corrected chi connectivity index (χ1v) is 6.57. The van der Waals surface area contributed by atoms with Gasteiger partial charge in [-0.05, 0) is 30.3 Å². The third-order valence-electron chi connectivity index (χ3n) is 3.32. The lowest BCUT2D eigenvalue weighted by molar-refractivity contribution is 0.239. The molecule has 0 saturated heterocycles. The minimum Gasteiger partial charge on any atom is -0.294 e. The molecule has 0 saturated carbocycles. The summed E-state index contributed by atoms with van der Waals surface area (Å²) in [6.45, 7) is 0.610. The largest absolute Gasteiger partial charge is 0.294 e. The van der Waals surface area contributed by atoms with Crippen LogP contribution in [-0.4, -0.2) is 11.9 Å². The van der Waals surface area contributed by atoms with E-state index in [0.29, 0.717) is 13.0 Å². The highest BCUT2D eigenvalue weighted by Crippen LogP contribution is 2.24. The second kappa shape index (κ2) is 6.83. The molecule has 0 amide bonds. The van der Waals surface area contributed by atoms with Crippen LogP contribution in [0, 0.1) is 17.1 Å². The van der Waals surface area contributed by atoms with Crippen LogP contribution in [0.3, 0.4) is 0 Å². The van der Waals surface area contributed by atoms with Crippen LogP contribution in [0.25, 0.3) is 0 Å². The van der Waals surface area contributed by atoms with Gasteiger partial charge in [-0.3, -0.25) is 4.90 Å². The van der Waals surface area contributed by atoms with Crippen molar-refractivity contribution in [2.45, 2.75) is 19.0 Å². The van der Waals surface area contributed by atoms with Crippen LogP contribution in [-0.2, 0) is 6.54 Å². The van der Waals surface area contributed by atoms with Crippen LogP contribution in [0.5, 0.6) is 0 Å². The Morgan fingerprint density at radius 3 is 2.55 bits per heavy atom. The minimum absolute atomic E-state index is 0.0180. The summed E-state index contributed by atoms with van der Waals surface area (Å²) >= 11 is 0. The number of rotatable bonds is 5. The van der Waals surface area contributed by atoms with E-state index in [1.807, 2.05) is 43.4 Å². The molecule has 0 aliphatic heterocycles. The van der Waals surface area contributed by atoms with Gasteiger partial charge in [-0.2, -0.15) is 5.26 Å². The standard InChI is InChI=1S/C17H17FN2/c1-20(13-14-6-5-9-16(18)12-14)17(10-11-19)15-7-3-2-4-8-15/h2-9,12,17H,10,13H2,1H3. The van der Waals surface area contributed by atoms with Gasteiger partial charge in [0, 0.05) is 12.6 Å². The maximum atomic E-state index is 13.2. The Morgan fingerprint density at radius 2 is 1.90 bits per heavy atom. The lowest BCUT2D eigenvalue weighted by Crippen LogP contribution is -2.24. The van der Waals surface area contributed by atoms with Gasteiger partial charge in [0.2, 0.25) is 0 Å². The van der Waals surface area contributed by atoms with E-state index >= 15 is 0 Å². The molecular weight excluding hydrogens is 251 g/mol. The average Bonchev–Trinajstić information content (AvgIpc) is 2.45. The van der Waals surface area contributed by atoms with Gasteiger partial charge >= 0.3 is 0 Å². The zero-order valence-corrected chi connectivity index (χ0v) is 11.5. The normalized spacial score (nSPS) is 12.1. The summed E-state index contributed by atoms with van der Waals surface area (Å²) in [4.78, 5) is 2.08. The van der Waals surface area contributed by atoms with E-state index in [0.717, 1.165) is 11.1 Å². The fourth-order valence-corrected chi connectivity index (χ4v) is 2.32. The van der Waals surface area contributed by atoms with Gasteiger partial charge in [0.05, 0.1) is 12.5 Å². The third-order valence-corrected chi connectivity index (χ3v) is 3.32. The molecule has 2 aromatic carbocycles. The van der Waals surface area contributed by atoms with Gasteiger partial charge in [0.25, 0.3) is 0 Å². The van der Waals surface area contributed by atoms with Crippen molar-refractivity contribution in [3.05, 3.63) is 71.5 Å². The molecule has 3 heteroatoms. The number of nitriles is 1. The van der Waals surface area contributed by atoms with E-state index in [1.54, 1.807) is 6.07 Å². The number of nitrogens with zero attached hydrogens (tertiary/aromatic N) is 2. The maximum Gasteiger partial charge on any atom is 0.123 e. The molecule has 0 heterocycles. The lowest BCUT2D eigenvalue weighted by atomic mass is 10.0. The quantitative estimate of drug-likeness (QED) is 0.822. The van der Waals surface area contributed by atoms with E-state index in [1.165, 1.54) is 12.1 Å². The first-order chi connectivity index (χ1) is 9.70. The Balaban J connectivity index is 2.16. The second-order valence-electron chi connectivity index (χ2n) is 4.83. The van der Waals surface area contributed by atoms with Gasteiger partial charge in [-0.1, -0.05) is 42.5 Å². The Bertz CT molecular complexity index is 589. The molecule has 2 nitrogen and oxygen atoms in total. The van der Waals surface area contributed by atoms with Crippen molar-refractivity contribution in [1.29, 1.82) is 5.26 Å². The molecule has 0 N–H and O–H groups in total. The maximum absolute atomic E-state index is 13.2. The molecule has 0 radical (unpaired) electrons. The predicted octanol–water partition coefficient (Wildman–Crippen LogP) is 3.91. The molecule has 0 bridgehead atoms. The monoisotopic (exact) mass is 268 g/mol. The number of benzene rings is 2. The third kappa shape index (κ3) is 3.66. The first kappa shape index (κ1) is 14.2. The van der Waals surface area contributed by atoms with Crippen molar-refractivity contribution in [3.63, 3.8) is 0 Å². The molecule has 0 aliphatic rings. The van der Waals surface area contributed by atoms with Crippen molar-refractivity contribution >= 4 is 0 Å². The summed E-state index contributed by atoms with van der Waals surface area (Å²) in [5, 5.41) is 9.02. The van der Waals surface area contributed by atoms with Crippen molar-refractivity contribution in [2.75, 3.05) is 7.05 Å². The fraction of sp³-hybridized carbons (Fsp3) is 0.235. The number of halogens is 1. The Labute approximate surface area is 119 Å². The Morgan fingerprint density at radius 1 is 1.15 bits per heavy atom. The van der Waals surface area contributed by atoms with E-state index in [2.05, 4.69) is 11.0 Å². The first-order valence-electron chi connectivity index (χ1n) is 6.57. The number of hydrogen-bond acceptors (Lipinski definition) is 2. The molecule has 102 valence electrons. The minimum atomic E-state index is -0.229. The van der Waals surface area contributed by atoms with Crippen molar-refractivity contribution in [1.82, 2.24) is 4.90 Å². The second-order valence-corrected chi connectivity index (χ2v) is 4.83. The van der Waals surface area contributed by atoms with Crippen LogP contribution in [0.2, 0.25) is 0 Å². The highest BCUT2D eigenvalue weighted by molar-refractivity contribution is 5.21. The highest BCUT2D eigenvalue weighted by Gasteiger charge is 2.16. The zero-order valence-electron chi connectivity index (χ0n) is 11.5. The van der Waals surface area contributed by atoms with Crippen molar-refractivity contribution in [3.8, 4) is 6.07 Å². The molecule has 0 spiro atoms. The SMILES string of the molecule is CN(Cc1cccc(F)c1)C(CC#N)c1ccccc1. The van der Waals surface area contributed by atoms with E-state index in [4.69, 9.17) is 5.26 Å². The molecule has 1 atom stereocenters. The smallest absolute Gasteiger partial charge is 0.123 e. The number of hydrogen-bond donors (Lipinski definition) is 0. The molecule has 0 aromatic heterocycles. The van der Waals surface area contributed by atoms with Crippen LogP contribution in [0.4, 0.5) is 4.39 Å². The Hall–Kier alpha value is -2.18. The highest BCUT2D eigenvalue weighted by atomic mass is 19.1. The Kier molecular flexibility index (Phi) is 4.86. The molecule has 0 aliphatic carbocycles. The summed E-state index contributed by atoms with van der Waals surface area (Å²) in [6, 6.07) is 18.8. The fourth-order valence-electron chi connectivity index (χ4n) is 2.32. The van der Waals surface area contributed by atoms with Crippen molar-refractivity contribution < 1.29 is 4.39 Å². The lowest BCUT2D eigenvalue weighted by Gasteiger charge is -2.26. The van der Waals surface area contributed by atoms with E-state index < -0.39 is 0 Å². The zero-order chi connectivity index (χ0) is 14.4. The van der Waals surface area contributed by atoms with Crippen LogP contribution < -0.4 is 0 Å². The summed E-state index contributed by atoms with van der Waals surface area (Å²) in [5.41, 5.74) is 2.01. The topological polar surface area (TPSA) is 27.0 Å². The average molecular weight is 268 g/mol. The summed E-state index contributed by atoms with van der Waals surface area (Å²) in [6.07, 6.45) is 0.413. The molecule has 20 heavy (non-hydrogen) atoms. The summed E-state index contributed by atoms with van der Waals surface area (Å²) < 4.78 is 13.2. The van der Waals surface area contributed by atoms with Gasteiger partial charge in [-0.25, -0.2) is 4.39 Å². The molecule has 2 aromatic rings. The van der Waals surface area contributed by atoms with Crippen LogP contribution >= 0.6 is 0 Å². The predicted molar refractivity (Wildman–Crippen MR) is 77.3 cm³/mol.